The van der Waals surface area contributed by atoms with Crippen LogP contribution in [0, 0.1) is 0 Å². The third-order valence-corrected chi connectivity index (χ3v) is 6.74. The Balaban J connectivity index is 1.93. The molecule has 1 unspecified atom stereocenters. The van der Waals surface area contributed by atoms with Gasteiger partial charge in [-0.25, -0.2) is 0 Å². The first kappa shape index (κ1) is 30.6. The second kappa shape index (κ2) is 18.9. The van der Waals surface area contributed by atoms with Crippen LogP contribution < -0.4 is 11.1 Å². The summed E-state index contributed by atoms with van der Waals surface area (Å²) in [5.74, 6) is 0.181. The molecule has 0 aliphatic rings. The highest BCUT2D eigenvalue weighted by Gasteiger charge is 2.17. The van der Waals surface area contributed by atoms with Crippen molar-refractivity contribution in [2.75, 3.05) is 6.54 Å². The number of aliphatic hydroxyl groups is 1. The summed E-state index contributed by atoms with van der Waals surface area (Å²) < 4.78 is 0. The van der Waals surface area contributed by atoms with Crippen LogP contribution >= 0.6 is 0 Å². The lowest BCUT2D eigenvalue weighted by Crippen LogP contribution is -2.30. The Labute approximate surface area is 210 Å². The lowest BCUT2D eigenvalue weighted by Gasteiger charge is -2.23. The standard InChI is InChI=1S/C30H54N2O2/c1-4-5-6-13-21-27(33)22-14-11-9-7-8-10-12-15-24-29(34)32-25-18-20-26-19-16-17-23-28(26)30(2,3)31/h16-17,19,23,27,33H,4-15,18,20-22,24-25,31H2,1-3H3,(H,32,34). The summed E-state index contributed by atoms with van der Waals surface area (Å²) in [4.78, 5) is 12.1. The van der Waals surface area contributed by atoms with E-state index in [0.717, 1.165) is 51.5 Å². The number of hydrogen-bond donors (Lipinski definition) is 3. The van der Waals surface area contributed by atoms with E-state index in [1.54, 1.807) is 0 Å². The minimum atomic E-state index is -0.337. The molecule has 0 aliphatic carbocycles. The van der Waals surface area contributed by atoms with Gasteiger partial charge >= 0.3 is 0 Å². The van der Waals surface area contributed by atoms with Crippen molar-refractivity contribution in [2.45, 2.75) is 142 Å². The predicted octanol–water partition coefficient (Wildman–Crippen LogP) is 7.16. The Kier molecular flexibility index (Phi) is 17.0. The summed E-state index contributed by atoms with van der Waals surface area (Å²) >= 11 is 0. The number of unbranched alkanes of at least 4 members (excludes halogenated alkanes) is 10. The van der Waals surface area contributed by atoms with Crippen LogP contribution in [0.2, 0.25) is 0 Å². The number of aryl methyl sites for hydroxylation is 1. The quantitative estimate of drug-likeness (QED) is 0.165. The highest BCUT2D eigenvalue weighted by Crippen LogP contribution is 2.22. The van der Waals surface area contributed by atoms with Gasteiger partial charge in [-0.1, -0.05) is 102 Å². The SMILES string of the molecule is CCCCCCC(O)CCCCCCCCCCC(=O)NCCCc1ccccc1C(C)(C)N. The fraction of sp³-hybridized carbons (Fsp3) is 0.767. The van der Waals surface area contributed by atoms with E-state index in [2.05, 4.69) is 30.4 Å². The normalized spacial score (nSPS) is 12.6. The number of carbonyl (C=O) groups is 1. The number of aliphatic hydroxyl groups excluding tert-OH is 1. The van der Waals surface area contributed by atoms with Crippen molar-refractivity contribution in [2.24, 2.45) is 5.73 Å². The smallest absolute Gasteiger partial charge is 0.219 e. The maximum atomic E-state index is 12.1. The maximum Gasteiger partial charge on any atom is 0.219 e. The molecule has 0 aliphatic heterocycles. The summed E-state index contributed by atoms with van der Waals surface area (Å²) in [5.41, 5.74) is 8.42. The molecule has 0 fully saturated rings. The Bertz CT molecular complexity index is 639. The minimum Gasteiger partial charge on any atom is -0.393 e. The zero-order chi connectivity index (χ0) is 25.1. The number of carbonyl (C=O) groups excluding carboxylic acids is 1. The van der Waals surface area contributed by atoms with E-state index in [-0.39, 0.29) is 17.6 Å². The number of hydrogen-bond acceptors (Lipinski definition) is 3. The first-order valence-corrected chi connectivity index (χ1v) is 14.2. The van der Waals surface area contributed by atoms with Gasteiger partial charge in [0.15, 0.2) is 0 Å². The van der Waals surface area contributed by atoms with Crippen molar-refractivity contribution < 1.29 is 9.90 Å². The summed E-state index contributed by atoms with van der Waals surface area (Å²) in [6.45, 7) is 7.03. The van der Waals surface area contributed by atoms with Gasteiger partial charge in [-0.2, -0.15) is 0 Å². The van der Waals surface area contributed by atoms with Gasteiger partial charge in [-0.15, -0.1) is 0 Å². The van der Waals surface area contributed by atoms with Gasteiger partial charge in [0.05, 0.1) is 6.10 Å². The lowest BCUT2D eigenvalue weighted by atomic mass is 9.89. The second-order valence-electron chi connectivity index (χ2n) is 10.7. The van der Waals surface area contributed by atoms with Crippen LogP contribution in [-0.2, 0) is 16.8 Å². The Morgan fingerprint density at radius 2 is 1.44 bits per heavy atom. The van der Waals surface area contributed by atoms with Crippen molar-refractivity contribution in [3.63, 3.8) is 0 Å². The molecule has 0 saturated carbocycles. The van der Waals surface area contributed by atoms with Crippen molar-refractivity contribution in [3.05, 3.63) is 35.4 Å². The molecule has 0 radical (unpaired) electrons. The third kappa shape index (κ3) is 15.5. The number of nitrogens with one attached hydrogen (secondary N) is 1. The van der Waals surface area contributed by atoms with Crippen LogP contribution in [-0.4, -0.2) is 23.7 Å². The average Bonchev–Trinajstić information content (AvgIpc) is 2.80. The van der Waals surface area contributed by atoms with Crippen LogP contribution in [0.3, 0.4) is 0 Å². The first-order chi connectivity index (χ1) is 16.3. The molecule has 196 valence electrons. The van der Waals surface area contributed by atoms with E-state index in [1.165, 1.54) is 68.9 Å². The van der Waals surface area contributed by atoms with Crippen molar-refractivity contribution in [1.29, 1.82) is 0 Å². The molecule has 1 rings (SSSR count). The van der Waals surface area contributed by atoms with Gasteiger partial charge in [0.25, 0.3) is 0 Å². The van der Waals surface area contributed by atoms with Gasteiger partial charge in [0.2, 0.25) is 5.91 Å². The van der Waals surface area contributed by atoms with Gasteiger partial charge in [0.1, 0.15) is 0 Å². The molecule has 4 heteroatoms. The second-order valence-corrected chi connectivity index (χ2v) is 10.7. The summed E-state index contributed by atoms with van der Waals surface area (Å²) in [7, 11) is 0. The van der Waals surface area contributed by atoms with Crippen LogP contribution in [0.4, 0.5) is 0 Å². The Morgan fingerprint density at radius 1 is 0.882 bits per heavy atom. The maximum absolute atomic E-state index is 12.1. The Morgan fingerprint density at radius 3 is 2.06 bits per heavy atom. The third-order valence-electron chi connectivity index (χ3n) is 6.74. The Hall–Kier alpha value is -1.39. The molecule has 1 aromatic rings. The number of benzene rings is 1. The average molecular weight is 475 g/mol. The molecule has 0 heterocycles. The lowest BCUT2D eigenvalue weighted by molar-refractivity contribution is -0.121. The molecule has 1 atom stereocenters. The molecule has 4 N–H and O–H groups in total. The first-order valence-electron chi connectivity index (χ1n) is 14.2. The zero-order valence-electron chi connectivity index (χ0n) is 22.5. The van der Waals surface area contributed by atoms with Gasteiger partial charge in [-0.3, -0.25) is 4.79 Å². The summed E-state index contributed by atoms with van der Waals surface area (Å²) in [6, 6.07) is 8.35. The monoisotopic (exact) mass is 474 g/mol. The summed E-state index contributed by atoms with van der Waals surface area (Å²) in [5, 5.41) is 13.1. The molecule has 0 saturated heterocycles. The molecule has 0 spiro atoms. The molecule has 1 aromatic carbocycles. The predicted molar refractivity (Wildman–Crippen MR) is 146 cm³/mol. The fourth-order valence-electron chi connectivity index (χ4n) is 4.64. The van der Waals surface area contributed by atoms with Crippen LogP contribution in [0.25, 0.3) is 0 Å². The van der Waals surface area contributed by atoms with E-state index in [9.17, 15) is 9.90 Å². The van der Waals surface area contributed by atoms with Crippen molar-refractivity contribution in [3.8, 4) is 0 Å². The molecule has 34 heavy (non-hydrogen) atoms. The van der Waals surface area contributed by atoms with E-state index in [0.29, 0.717) is 6.42 Å². The minimum absolute atomic E-state index is 0.0862. The van der Waals surface area contributed by atoms with E-state index >= 15 is 0 Å². The molecular formula is C30H54N2O2. The highest BCUT2D eigenvalue weighted by atomic mass is 16.3. The van der Waals surface area contributed by atoms with Crippen LogP contribution in [0.1, 0.15) is 135 Å². The van der Waals surface area contributed by atoms with E-state index in [1.807, 2.05) is 19.9 Å². The largest absolute Gasteiger partial charge is 0.393 e. The fourth-order valence-corrected chi connectivity index (χ4v) is 4.64. The highest BCUT2D eigenvalue weighted by molar-refractivity contribution is 5.75. The van der Waals surface area contributed by atoms with E-state index < -0.39 is 0 Å². The molecule has 1 amide bonds. The van der Waals surface area contributed by atoms with Gasteiger partial charge < -0.3 is 16.2 Å². The topological polar surface area (TPSA) is 75.3 Å². The number of nitrogens with two attached hydrogens (primary N) is 1. The molecule has 0 bridgehead atoms. The van der Waals surface area contributed by atoms with Gasteiger partial charge in [-0.05, 0) is 57.1 Å². The number of amides is 1. The van der Waals surface area contributed by atoms with E-state index in [4.69, 9.17) is 5.73 Å². The summed E-state index contributed by atoms with van der Waals surface area (Å²) in [6.07, 6.45) is 18.9. The molecule has 4 nitrogen and oxygen atoms in total. The van der Waals surface area contributed by atoms with Crippen molar-refractivity contribution in [1.82, 2.24) is 5.32 Å². The van der Waals surface area contributed by atoms with Crippen LogP contribution in [0.15, 0.2) is 24.3 Å². The number of rotatable bonds is 21. The zero-order valence-corrected chi connectivity index (χ0v) is 22.5. The molecule has 0 aromatic heterocycles. The molecular weight excluding hydrogens is 420 g/mol. The van der Waals surface area contributed by atoms with Crippen molar-refractivity contribution >= 4 is 5.91 Å². The van der Waals surface area contributed by atoms with Gasteiger partial charge in [0, 0.05) is 18.5 Å². The van der Waals surface area contributed by atoms with Crippen LogP contribution in [0.5, 0.6) is 0 Å².